The number of halogens is 1. The maximum Gasteiger partial charge on any atom is 0.246 e. The summed E-state index contributed by atoms with van der Waals surface area (Å²) in [5, 5.41) is 8.35. The molecule has 3 N–H and O–H groups in total. The number of hydrogen-bond donors (Lipinski definition) is 3. The molecular weight excluding hydrogens is 333 g/mol. The van der Waals surface area contributed by atoms with Crippen molar-refractivity contribution in [2.24, 2.45) is 0 Å². The van der Waals surface area contributed by atoms with Gasteiger partial charge in [0.1, 0.15) is 11.9 Å². The van der Waals surface area contributed by atoms with Crippen molar-refractivity contribution in [1.82, 2.24) is 0 Å². The zero-order valence-electron chi connectivity index (χ0n) is 14.9. The third-order valence-electron chi connectivity index (χ3n) is 4.42. The lowest BCUT2D eigenvalue weighted by molar-refractivity contribution is -0.116. The highest BCUT2D eigenvalue weighted by molar-refractivity contribution is 5.96. The first-order valence-electron chi connectivity index (χ1n) is 8.69. The Bertz CT molecular complexity index is 851. The van der Waals surface area contributed by atoms with Crippen LogP contribution in [-0.2, 0) is 22.4 Å². The summed E-state index contributed by atoms with van der Waals surface area (Å²) in [6.45, 7) is 3.04. The number of nitrogens with one attached hydrogen (secondary N) is 3. The lowest BCUT2D eigenvalue weighted by Crippen LogP contribution is -2.32. The summed E-state index contributed by atoms with van der Waals surface area (Å²) in [7, 11) is 0. The monoisotopic (exact) mass is 355 g/mol. The second-order valence-corrected chi connectivity index (χ2v) is 6.57. The number of fused-ring (bicyclic) bond motifs is 1. The number of hydrogen-bond acceptors (Lipinski definition) is 3. The van der Waals surface area contributed by atoms with E-state index in [1.54, 1.807) is 6.92 Å². The van der Waals surface area contributed by atoms with E-state index in [0.717, 1.165) is 24.9 Å². The maximum atomic E-state index is 13.7. The minimum atomic E-state index is -0.529. The number of aryl methyl sites for hydroxylation is 2. The van der Waals surface area contributed by atoms with Gasteiger partial charge in [0.15, 0.2) is 0 Å². The van der Waals surface area contributed by atoms with Crippen molar-refractivity contribution < 1.29 is 14.0 Å². The van der Waals surface area contributed by atoms with Crippen molar-refractivity contribution in [2.45, 2.75) is 39.2 Å². The van der Waals surface area contributed by atoms with E-state index in [-0.39, 0.29) is 17.5 Å². The fourth-order valence-corrected chi connectivity index (χ4v) is 3.12. The Balaban J connectivity index is 1.65. The van der Waals surface area contributed by atoms with Crippen molar-refractivity contribution in [3.05, 3.63) is 53.3 Å². The lowest BCUT2D eigenvalue weighted by Gasteiger charge is -2.17. The van der Waals surface area contributed by atoms with Crippen molar-refractivity contribution in [3.8, 4) is 0 Å². The highest BCUT2D eigenvalue weighted by Gasteiger charge is 2.16. The fourth-order valence-electron chi connectivity index (χ4n) is 3.12. The Morgan fingerprint density at radius 3 is 2.50 bits per heavy atom. The van der Waals surface area contributed by atoms with E-state index in [4.69, 9.17) is 0 Å². The topological polar surface area (TPSA) is 70.2 Å². The molecule has 0 radical (unpaired) electrons. The van der Waals surface area contributed by atoms with Gasteiger partial charge in [-0.2, -0.15) is 0 Å². The molecule has 2 aromatic carbocycles. The Labute approximate surface area is 152 Å². The summed E-state index contributed by atoms with van der Waals surface area (Å²) in [6, 6.07) is 9.73. The number of carbonyl (C=O) groups is 2. The molecular formula is C20H22FN3O2. The fraction of sp³-hybridized carbons (Fsp3) is 0.300. The molecule has 26 heavy (non-hydrogen) atoms. The van der Waals surface area contributed by atoms with Crippen LogP contribution in [0.15, 0.2) is 36.4 Å². The van der Waals surface area contributed by atoms with Gasteiger partial charge in [-0.25, -0.2) is 4.39 Å². The van der Waals surface area contributed by atoms with Crippen molar-refractivity contribution >= 4 is 28.9 Å². The van der Waals surface area contributed by atoms with Crippen molar-refractivity contribution in [3.63, 3.8) is 0 Å². The quantitative estimate of drug-likeness (QED) is 0.766. The van der Waals surface area contributed by atoms with Crippen LogP contribution in [0.25, 0.3) is 0 Å². The molecule has 0 saturated heterocycles. The SMILES string of the molecule is CC(=O)Nc1cc(N[C@H](C)C(=O)Nc2ccc3c(c2)CCC3)ccc1F. The molecule has 0 spiro atoms. The first-order chi connectivity index (χ1) is 12.4. The van der Waals surface area contributed by atoms with Crippen LogP contribution >= 0.6 is 0 Å². The Kier molecular flexibility index (Phi) is 5.21. The molecule has 0 aliphatic heterocycles. The molecule has 1 aliphatic rings. The lowest BCUT2D eigenvalue weighted by atomic mass is 10.1. The van der Waals surface area contributed by atoms with Crippen LogP contribution in [0.2, 0.25) is 0 Å². The van der Waals surface area contributed by atoms with E-state index in [9.17, 15) is 14.0 Å². The number of anilines is 3. The van der Waals surface area contributed by atoms with Gasteiger partial charge in [-0.1, -0.05) is 6.07 Å². The van der Waals surface area contributed by atoms with E-state index in [0.29, 0.717) is 5.69 Å². The molecule has 1 aliphatic carbocycles. The second kappa shape index (κ2) is 7.56. The van der Waals surface area contributed by atoms with Gasteiger partial charge in [-0.3, -0.25) is 9.59 Å². The number of benzene rings is 2. The minimum Gasteiger partial charge on any atom is -0.374 e. The molecule has 0 unspecified atom stereocenters. The summed E-state index contributed by atoms with van der Waals surface area (Å²) >= 11 is 0. The molecule has 0 saturated carbocycles. The van der Waals surface area contributed by atoms with E-state index in [1.807, 2.05) is 12.1 Å². The molecule has 0 aromatic heterocycles. The van der Waals surface area contributed by atoms with Gasteiger partial charge in [0, 0.05) is 18.3 Å². The molecule has 2 amide bonds. The van der Waals surface area contributed by atoms with Gasteiger partial charge < -0.3 is 16.0 Å². The minimum absolute atomic E-state index is 0.0775. The Morgan fingerprint density at radius 1 is 1.00 bits per heavy atom. The smallest absolute Gasteiger partial charge is 0.246 e. The maximum absolute atomic E-state index is 13.7. The van der Waals surface area contributed by atoms with Gasteiger partial charge >= 0.3 is 0 Å². The van der Waals surface area contributed by atoms with E-state index in [2.05, 4.69) is 22.0 Å². The molecule has 136 valence electrons. The third-order valence-corrected chi connectivity index (χ3v) is 4.42. The number of amides is 2. The molecule has 0 heterocycles. The van der Waals surface area contributed by atoms with Gasteiger partial charge in [-0.05, 0) is 67.6 Å². The van der Waals surface area contributed by atoms with Crippen LogP contribution in [0.1, 0.15) is 31.4 Å². The van der Waals surface area contributed by atoms with Gasteiger partial charge in [0.25, 0.3) is 0 Å². The summed E-state index contributed by atoms with van der Waals surface area (Å²) in [5.41, 5.74) is 4.05. The molecule has 3 rings (SSSR count). The van der Waals surface area contributed by atoms with E-state index in [1.165, 1.54) is 36.2 Å². The summed E-state index contributed by atoms with van der Waals surface area (Å²) < 4.78 is 13.7. The second-order valence-electron chi connectivity index (χ2n) is 6.57. The summed E-state index contributed by atoms with van der Waals surface area (Å²) in [4.78, 5) is 23.6. The summed E-state index contributed by atoms with van der Waals surface area (Å²) in [6.07, 6.45) is 3.31. The van der Waals surface area contributed by atoms with Crippen LogP contribution < -0.4 is 16.0 Å². The van der Waals surface area contributed by atoms with Crippen molar-refractivity contribution in [2.75, 3.05) is 16.0 Å². The summed E-state index contributed by atoms with van der Waals surface area (Å²) in [5.74, 6) is -1.07. The van der Waals surface area contributed by atoms with E-state index < -0.39 is 11.9 Å². The third kappa shape index (κ3) is 4.20. The Morgan fingerprint density at radius 2 is 1.73 bits per heavy atom. The van der Waals surface area contributed by atoms with Crippen LogP contribution in [0.3, 0.4) is 0 Å². The van der Waals surface area contributed by atoms with Crippen LogP contribution in [0, 0.1) is 5.82 Å². The molecule has 5 nitrogen and oxygen atoms in total. The average molecular weight is 355 g/mol. The highest BCUT2D eigenvalue weighted by Crippen LogP contribution is 2.25. The molecule has 0 fully saturated rings. The normalized spacial score (nSPS) is 13.7. The van der Waals surface area contributed by atoms with Crippen molar-refractivity contribution in [1.29, 1.82) is 0 Å². The largest absolute Gasteiger partial charge is 0.374 e. The molecule has 1 atom stereocenters. The average Bonchev–Trinajstić information content (AvgIpc) is 3.05. The zero-order chi connectivity index (χ0) is 18.7. The van der Waals surface area contributed by atoms with E-state index >= 15 is 0 Å². The molecule has 0 bridgehead atoms. The first-order valence-corrected chi connectivity index (χ1v) is 8.69. The highest BCUT2D eigenvalue weighted by atomic mass is 19.1. The van der Waals surface area contributed by atoms with Crippen LogP contribution in [-0.4, -0.2) is 17.9 Å². The first kappa shape index (κ1) is 17.9. The number of carbonyl (C=O) groups excluding carboxylic acids is 2. The predicted molar refractivity (Wildman–Crippen MR) is 101 cm³/mol. The zero-order valence-corrected chi connectivity index (χ0v) is 14.9. The molecule has 6 heteroatoms. The standard InChI is InChI=1S/C20H22FN3O2/c1-12(22-17-8-9-18(21)19(11-17)23-13(2)25)20(26)24-16-7-6-14-4-3-5-15(14)10-16/h6-12,22H,3-5H2,1-2H3,(H,23,25)(H,24,26)/t12-/m1/s1. The van der Waals surface area contributed by atoms with Gasteiger partial charge in [-0.15, -0.1) is 0 Å². The molecule has 2 aromatic rings. The Hall–Kier alpha value is -2.89. The van der Waals surface area contributed by atoms with Gasteiger partial charge in [0.05, 0.1) is 5.69 Å². The number of rotatable bonds is 5. The van der Waals surface area contributed by atoms with Crippen LogP contribution in [0.5, 0.6) is 0 Å². The van der Waals surface area contributed by atoms with Gasteiger partial charge in [0.2, 0.25) is 11.8 Å². The predicted octanol–water partition coefficient (Wildman–Crippen LogP) is 3.71. The van der Waals surface area contributed by atoms with Crippen LogP contribution in [0.4, 0.5) is 21.5 Å².